The van der Waals surface area contributed by atoms with Gasteiger partial charge in [-0.3, -0.25) is 9.59 Å². The number of thioether (sulfide) groups is 1. The number of morpholine rings is 1. The number of amides is 1. The van der Waals surface area contributed by atoms with Crippen LogP contribution in [0.2, 0.25) is 0 Å². The predicted octanol–water partition coefficient (Wildman–Crippen LogP) is 1.42. The maximum absolute atomic E-state index is 12.1. The van der Waals surface area contributed by atoms with Crippen molar-refractivity contribution < 1.29 is 19.4 Å². The van der Waals surface area contributed by atoms with Crippen molar-refractivity contribution in [2.75, 3.05) is 25.4 Å². The van der Waals surface area contributed by atoms with E-state index in [2.05, 4.69) is 4.98 Å². The number of carboxylic acid groups (broad SMARTS) is 1. The summed E-state index contributed by atoms with van der Waals surface area (Å²) in [5.74, 6) is -0.467. The van der Waals surface area contributed by atoms with Crippen LogP contribution in [0.1, 0.15) is 17.5 Å². The molecule has 8 heteroatoms. The molecule has 0 aliphatic carbocycles. The molecule has 1 aromatic heterocycles. The van der Waals surface area contributed by atoms with Crippen LogP contribution in [0.5, 0.6) is 0 Å². The van der Waals surface area contributed by atoms with Gasteiger partial charge in [0.05, 0.1) is 30.6 Å². The zero-order chi connectivity index (χ0) is 15.4. The van der Waals surface area contributed by atoms with Crippen molar-refractivity contribution >= 4 is 35.0 Å². The van der Waals surface area contributed by atoms with Crippen LogP contribution in [0.4, 0.5) is 0 Å². The molecule has 1 saturated heterocycles. The summed E-state index contributed by atoms with van der Waals surface area (Å²) in [5.41, 5.74) is 0.734. The molecule has 1 aliphatic rings. The van der Waals surface area contributed by atoms with Crippen molar-refractivity contribution in [3.8, 4) is 0 Å². The average molecular weight is 330 g/mol. The molecule has 1 amide bonds. The summed E-state index contributed by atoms with van der Waals surface area (Å²) in [4.78, 5) is 29.7. The molecule has 0 aromatic carbocycles. The summed E-state index contributed by atoms with van der Waals surface area (Å²) in [5, 5.41) is 8.81. The number of thiazole rings is 1. The van der Waals surface area contributed by atoms with Crippen LogP contribution in [0.25, 0.3) is 0 Å². The Morgan fingerprint density at radius 2 is 2.33 bits per heavy atom. The van der Waals surface area contributed by atoms with Gasteiger partial charge in [0.25, 0.3) is 0 Å². The molecule has 2 heterocycles. The first-order valence-corrected chi connectivity index (χ1v) is 8.46. The molecule has 1 atom stereocenters. The molecule has 1 aromatic rings. The number of ether oxygens (including phenoxy) is 1. The highest BCUT2D eigenvalue weighted by Gasteiger charge is 2.22. The number of nitrogens with zero attached hydrogens (tertiary/aromatic N) is 2. The van der Waals surface area contributed by atoms with E-state index in [9.17, 15) is 9.59 Å². The topological polar surface area (TPSA) is 79.7 Å². The van der Waals surface area contributed by atoms with Gasteiger partial charge in [-0.15, -0.1) is 11.3 Å². The molecule has 6 nitrogen and oxygen atoms in total. The van der Waals surface area contributed by atoms with Crippen molar-refractivity contribution in [1.82, 2.24) is 9.88 Å². The van der Waals surface area contributed by atoms with Gasteiger partial charge >= 0.3 is 5.97 Å². The average Bonchev–Trinajstić information content (AvgIpc) is 2.76. The van der Waals surface area contributed by atoms with E-state index in [4.69, 9.17) is 9.84 Å². The molecular weight excluding hydrogens is 312 g/mol. The minimum absolute atomic E-state index is 0.0149. The monoisotopic (exact) mass is 330 g/mol. The molecule has 1 fully saturated rings. The van der Waals surface area contributed by atoms with E-state index in [0.29, 0.717) is 25.4 Å². The first kappa shape index (κ1) is 16.3. The molecule has 1 unspecified atom stereocenters. The molecule has 116 valence electrons. The third-order valence-corrected chi connectivity index (χ3v) is 5.38. The standard InChI is InChI=1S/C13H18N2O4S2/c1-8-6-15(3-4-19-8)11(16)7-20-13-14-9(2)10(21-13)5-12(17)18/h8H,3-7H2,1-2H3,(H,17,18). The van der Waals surface area contributed by atoms with Crippen molar-refractivity contribution in [2.24, 2.45) is 0 Å². The fourth-order valence-electron chi connectivity index (χ4n) is 2.02. The quantitative estimate of drug-likeness (QED) is 0.823. The number of carbonyl (C=O) groups is 2. The first-order chi connectivity index (χ1) is 9.95. The summed E-state index contributed by atoms with van der Waals surface area (Å²) in [7, 11) is 0. The third kappa shape index (κ3) is 4.69. The Labute approximate surface area is 131 Å². The van der Waals surface area contributed by atoms with Gasteiger partial charge in [-0.05, 0) is 13.8 Å². The van der Waals surface area contributed by atoms with E-state index >= 15 is 0 Å². The Hall–Kier alpha value is -1.12. The van der Waals surface area contributed by atoms with Crippen molar-refractivity contribution in [2.45, 2.75) is 30.7 Å². The second kappa shape index (κ2) is 7.24. The van der Waals surface area contributed by atoms with Crippen LogP contribution < -0.4 is 0 Å². The molecule has 2 rings (SSSR count). The molecular formula is C13H18N2O4S2. The SMILES string of the molecule is Cc1nc(SCC(=O)N2CCOC(C)C2)sc1CC(=O)O. The number of hydrogen-bond acceptors (Lipinski definition) is 6. The maximum atomic E-state index is 12.1. The van der Waals surface area contributed by atoms with Crippen LogP contribution in [0, 0.1) is 6.92 Å². The lowest BCUT2D eigenvalue weighted by Crippen LogP contribution is -2.45. The Morgan fingerprint density at radius 3 is 3.00 bits per heavy atom. The van der Waals surface area contributed by atoms with Crippen molar-refractivity contribution in [1.29, 1.82) is 0 Å². The Bertz CT molecular complexity index is 532. The van der Waals surface area contributed by atoms with Crippen LogP contribution in [-0.2, 0) is 20.7 Å². The molecule has 0 bridgehead atoms. The summed E-state index contributed by atoms with van der Waals surface area (Å²) >= 11 is 2.72. The highest BCUT2D eigenvalue weighted by molar-refractivity contribution is 8.01. The highest BCUT2D eigenvalue weighted by Crippen LogP contribution is 2.28. The van der Waals surface area contributed by atoms with E-state index in [1.165, 1.54) is 23.1 Å². The first-order valence-electron chi connectivity index (χ1n) is 6.66. The fourth-order valence-corrected chi connectivity index (χ4v) is 4.15. The molecule has 0 saturated carbocycles. The number of aromatic nitrogens is 1. The van der Waals surface area contributed by atoms with E-state index in [0.717, 1.165) is 14.9 Å². The summed E-state index contributed by atoms with van der Waals surface area (Å²) < 4.78 is 6.16. The van der Waals surface area contributed by atoms with Crippen molar-refractivity contribution in [3.63, 3.8) is 0 Å². The Kier molecular flexibility index (Phi) is 5.60. The number of hydrogen-bond donors (Lipinski definition) is 1. The second-order valence-corrected chi connectivity index (χ2v) is 7.17. The Morgan fingerprint density at radius 1 is 1.57 bits per heavy atom. The molecule has 0 radical (unpaired) electrons. The van der Waals surface area contributed by atoms with Crippen LogP contribution in [-0.4, -0.2) is 58.4 Å². The number of carboxylic acids is 1. The van der Waals surface area contributed by atoms with E-state index in [-0.39, 0.29) is 18.4 Å². The lowest BCUT2D eigenvalue weighted by atomic mass is 10.3. The van der Waals surface area contributed by atoms with Gasteiger partial charge in [-0.2, -0.15) is 0 Å². The van der Waals surface area contributed by atoms with E-state index < -0.39 is 5.97 Å². The third-order valence-electron chi connectivity index (χ3n) is 3.10. The van der Waals surface area contributed by atoms with Gasteiger partial charge in [-0.25, -0.2) is 4.98 Å². The predicted molar refractivity (Wildman–Crippen MR) is 80.9 cm³/mol. The summed E-state index contributed by atoms with van der Waals surface area (Å²) in [6.07, 6.45) is 0.0656. The number of rotatable bonds is 5. The number of aliphatic carboxylic acids is 1. The Balaban J connectivity index is 1.87. The zero-order valence-electron chi connectivity index (χ0n) is 12.0. The molecule has 0 spiro atoms. The highest BCUT2D eigenvalue weighted by atomic mass is 32.2. The van der Waals surface area contributed by atoms with Gasteiger partial charge in [0.2, 0.25) is 5.91 Å². The van der Waals surface area contributed by atoms with Gasteiger partial charge in [0, 0.05) is 18.0 Å². The minimum atomic E-state index is -0.864. The minimum Gasteiger partial charge on any atom is -0.481 e. The van der Waals surface area contributed by atoms with E-state index in [1.807, 2.05) is 6.92 Å². The van der Waals surface area contributed by atoms with Gasteiger partial charge < -0.3 is 14.7 Å². The number of carbonyl (C=O) groups excluding carboxylic acids is 1. The van der Waals surface area contributed by atoms with Crippen LogP contribution in [0.3, 0.4) is 0 Å². The maximum Gasteiger partial charge on any atom is 0.308 e. The van der Waals surface area contributed by atoms with Gasteiger partial charge in [0.1, 0.15) is 0 Å². The van der Waals surface area contributed by atoms with Crippen LogP contribution >= 0.6 is 23.1 Å². The summed E-state index contributed by atoms with van der Waals surface area (Å²) in [6, 6.07) is 0. The zero-order valence-corrected chi connectivity index (χ0v) is 13.6. The van der Waals surface area contributed by atoms with Gasteiger partial charge in [0.15, 0.2) is 4.34 Å². The molecule has 21 heavy (non-hydrogen) atoms. The molecule has 1 N–H and O–H groups in total. The second-order valence-electron chi connectivity index (χ2n) is 4.87. The lowest BCUT2D eigenvalue weighted by Gasteiger charge is -2.31. The normalized spacial score (nSPS) is 18.8. The van der Waals surface area contributed by atoms with E-state index in [1.54, 1.807) is 11.8 Å². The van der Waals surface area contributed by atoms with Crippen LogP contribution in [0.15, 0.2) is 4.34 Å². The van der Waals surface area contributed by atoms with Gasteiger partial charge in [-0.1, -0.05) is 11.8 Å². The molecule has 1 aliphatic heterocycles. The number of aryl methyl sites for hydroxylation is 1. The van der Waals surface area contributed by atoms with Crippen molar-refractivity contribution in [3.05, 3.63) is 10.6 Å². The lowest BCUT2D eigenvalue weighted by molar-refractivity contribution is -0.136. The summed E-state index contributed by atoms with van der Waals surface area (Å²) in [6.45, 7) is 5.58. The largest absolute Gasteiger partial charge is 0.481 e. The fraction of sp³-hybridized carbons (Fsp3) is 0.615. The smallest absolute Gasteiger partial charge is 0.308 e.